The number of sulfonamides is 1. The first-order valence-electron chi connectivity index (χ1n) is 6.03. The first-order chi connectivity index (χ1) is 8.80. The van der Waals surface area contributed by atoms with Crippen molar-refractivity contribution in [3.8, 4) is 0 Å². The Morgan fingerprint density at radius 3 is 2.32 bits per heavy atom. The van der Waals surface area contributed by atoms with E-state index in [0.717, 1.165) is 11.1 Å². The maximum absolute atomic E-state index is 12.2. The smallest absolute Gasteiger partial charge is 0.218 e. The molecule has 5 nitrogen and oxygen atoms in total. The minimum Gasteiger partial charge on any atom is -0.229 e. The summed E-state index contributed by atoms with van der Waals surface area (Å²) >= 11 is 0. The second-order valence-electron chi connectivity index (χ2n) is 4.73. The summed E-state index contributed by atoms with van der Waals surface area (Å²) < 4.78 is 48.4. The van der Waals surface area contributed by atoms with Crippen LogP contribution in [-0.4, -0.2) is 45.7 Å². The van der Waals surface area contributed by atoms with Crippen molar-refractivity contribution >= 4 is 19.9 Å². The molecule has 1 aliphatic rings. The molecule has 0 bridgehead atoms. The third-order valence-electron chi connectivity index (χ3n) is 3.30. The highest BCUT2D eigenvalue weighted by Gasteiger charge is 2.30. The molecule has 0 N–H and O–H groups in total. The third-order valence-corrected chi connectivity index (χ3v) is 6.73. The number of sulfone groups is 1. The van der Waals surface area contributed by atoms with Crippen LogP contribution in [0, 0.1) is 6.92 Å². The van der Waals surface area contributed by atoms with E-state index in [4.69, 9.17) is 0 Å². The van der Waals surface area contributed by atoms with E-state index in [1.165, 1.54) is 4.31 Å². The molecule has 2 rings (SSSR count). The van der Waals surface area contributed by atoms with Crippen LogP contribution < -0.4 is 0 Å². The normalized spacial score (nSPS) is 20.3. The predicted molar refractivity (Wildman–Crippen MR) is 74.0 cm³/mol. The van der Waals surface area contributed by atoms with Gasteiger partial charge >= 0.3 is 0 Å². The third kappa shape index (κ3) is 3.55. The molecule has 1 aliphatic heterocycles. The molecule has 19 heavy (non-hydrogen) atoms. The Balaban J connectivity index is 2.14. The molecule has 0 unspecified atom stereocenters. The van der Waals surface area contributed by atoms with E-state index in [9.17, 15) is 16.8 Å². The van der Waals surface area contributed by atoms with Crippen LogP contribution in [0.4, 0.5) is 0 Å². The van der Waals surface area contributed by atoms with Crippen LogP contribution in [0.25, 0.3) is 0 Å². The van der Waals surface area contributed by atoms with Crippen molar-refractivity contribution in [1.29, 1.82) is 0 Å². The summed E-state index contributed by atoms with van der Waals surface area (Å²) in [7, 11) is -6.50. The molecule has 1 heterocycles. The number of rotatable bonds is 3. The van der Waals surface area contributed by atoms with Gasteiger partial charge in [0.1, 0.15) is 0 Å². The van der Waals surface area contributed by atoms with Gasteiger partial charge in [-0.05, 0) is 18.1 Å². The van der Waals surface area contributed by atoms with E-state index < -0.39 is 19.9 Å². The predicted octanol–water partition coefficient (Wildman–Crippen LogP) is 0.555. The van der Waals surface area contributed by atoms with Crippen LogP contribution >= 0.6 is 0 Å². The number of hydrogen-bond donors (Lipinski definition) is 0. The average Bonchev–Trinajstić information content (AvgIpc) is 2.31. The molecule has 1 fully saturated rings. The highest BCUT2D eigenvalue weighted by Crippen LogP contribution is 2.16. The van der Waals surface area contributed by atoms with Crippen molar-refractivity contribution < 1.29 is 16.8 Å². The summed E-state index contributed by atoms with van der Waals surface area (Å²) in [5.74, 6) is -0.236. The van der Waals surface area contributed by atoms with Crippen LogP contribution in [0.5, 0.6) is 0 Å². The molecule has 0 aliphatic carbocycles. The van der Waals surface area contributed by atoms with E-state index in [-0.39, 0.29) is 30.3 Å². The van der Waals surface area contributed by atoms with Gasteiger partial charge in [-0.3, -0.25) is 0 Å². The Morgan fingerprint density at radius 1 is 1.16 bits per heavy atom. The monoisotopic (exact) mass is 303 g/mol. The van der Waals surface area contributed by atoms with Gasteiger partial charge < -0.3 is 0 Å². The first-order valence-corrected chi connectivity index (χ1v) is 9.46. The Bertz CT molecular complexity index is 651. The van der Waals surface area contributed by atoms with Gasteiger partial charge in [0, 0.05) is 13.1 Å². The van der Waals surface area contributed by atoms with Crippen molar-refractivity contribution in [2.45, 2.75) is 12.7 Å². The first kappa shape index (κ1) is 14.5. The highest BCUT2D eigenvalue weighted by molar-refractivity contribution is 7.92. The molecule has 0 radical (unpaired) electrons. The number of nitrogens with zero attached hydrogens (tertiary/aromatic N) is 1. The maximum Gasteiger partial charge on any atom is 0.218 e. The minimum absolute atomic E-state index is 0.0660. The summed E-state index contributed by atoms with van der Waals surface area (Å²) in [5.41, 5.74) is 1.69. The topological polar surface area (TPSA) is 71.5 Å². The summed E-state index contributed by atoms with van der Waals surface area (Å²) in [6.45, 7) is 2.00. The van der Waals surface area contributed by atoms with Crippen molar-refractivity contribution in [3.63, 3.8) is 0 Å². The number of hydrogen-bond acceptors (Lipinski definition) is 4. The standard InChI is InChI=1S/C12H17NO4S2/c1-11-4-2-3-5-12(11)10-19(16,17)13-6-8-18(14,15)9-7-13/h2-5H,6-10H2,1H3. The fraction of sp³-hybridized carbons (Fsp3) is 0.500. The molecule has 1 aromatic carbocycles. The second-order valence-corrected chi connectivity index (χ2v) is 9.01. The molecule has 0 spiro atoms. The Hall–Kier alpha value is -0.920. The summed E-state index contributed by atoms with van der Waals surface area (Å²) in [5, 5.41) is 0. The van der Waals surface area contributed by atoms with Crippen LogP contribution in [0.15, 0.2) is 24.3 Å². The van der Waals surface area contributed by atoms with E-state index in [1.54, 1.807) is 12.1 Å². The fourth-order valence-electron chi connectivity index (χ4n) is 2.03. The quantitative estimate of drug-likeness (QED) is 0.818. The fourth-order valence-corrected chi connectivity index (χ4v) is 5.10. The van der Waals surface area contributed by atoms with Crippen molar-refractivity contribution in [2.75, 3.05) is 24.6 Å². The van der Waals surface area contributed by atoms with E-state index >= 15 is 0 Å². The van der Waals surface area contributed by atoms with Gasteiger partial charge in [-0.15, -0.1) is 0 Å². The molecule has 0 saturated carbocycles. The van der Waals surface area contributed by atoms with Gasteiger partial charge in [0.2, 0.25) is 10.0 Å². The van der Waals surface area contributed by atoms with E-state index in [2.05, 4.69) is 0 Å². The lowest BCUT2D eigenvalue weighted by molar-refractivity contribution is 0.430. The zero-order valence-electron chi connectivity index (χ0n) is 10.7. The maximum atomic E-state index is 12.2. The van der Waals surface area contributed by atoms with Gasteiger partial charge in [-0.2, -0.15) is 4.31 Å². The summed E-state index contributed by atoms with van der Waals surface area (Å²) in [6.07, 6.45) is 0. The largest absolute Gasteiger partial charge is 0.229 e. The van der Waals surface area contributed by atoms with Crippen molar-refractivity contribution in [3.05, 3.63) is 35.4 Å². The van der Waals surface area contributed by atoms with Crippen LogP contribution in [-0.2, 0) is 25.6 Å². The van der Waals surface area contributed by atoms with E-state index in [0.29, 0.717) is 0 Å². The molecule has 7 heteroatoms. The zero-order chi connectivity index (χ0) is 14.1. The number of aryl methyl sites for hydroxylation is 1. The van der Waals surface area contributed by atoms with Crippen LogP contribution in [0.2, 0.25) is 0 Å². The molecule has 1 saturated heterocycles. The van der Waals surface area contributed by atoms with Gasteiger partial charge in [0.15, 0.2) is 9.84 Å². The van der Waals surface area contributed by atoms with Crippen LogP contribution in [0.3, 0.4) is 0 Å². The molecule has 1 aromatic rings. The number of benzene rings is 1. The van der Waals surface area contributed by atoms with Gasteiger partial charge in [-0.1, -0.05) is 24.3 Å². The Kier molecular flexibility index (Phi) is 3.98. The van der Waals surface area contributed by atoms with Crippen molar-refractivity contribution in [1.82, 2.24) is 4.31 Å². The van der Waals surface area contributed by atoms with Crippen molar-refractivity contribution in [2.24, 2.45) is 0 Å². The average molecular weight is 303 g/mol. The molecular weight excluding hydrogens is 286 g/mol. The molecule has 0 aromatic heterocycles. The lowest BCUT2D eigenvalue weighted by atomic mass is 10.1. The lowest BCUT2D eigenvalue weighted by Gasteiger charge is -2.26. The zero-order valence-corrected chi connectivity index (χ0v) is 12.4. The summed E-state index contributed by atoms with van der Waals surface area (Å²) in [6, 6.07) is 7.32. The minimum atomic E-state index is -3.44. The molecular formula is C12H17NO4S2. The van der Waals surface area contributed by atoms with Gasteiger partial charge in [0.25, 0.3) is 0 Å². The Morgan fingerprint density at radius 2 is 1.74 bits per heavy atom. The SMILES string of the molecule is Cc1ccccc1CS(=O)(=O)N1CCS(=O)(=O)CC1. The van der Waals surface area contributed by atoms with E-state index in [1.807, 2.05) is 19.1 Å². The van der Waals surface area contributed by atoms with Crippen LogP contribution in [0.1, 0.15) is 11.1 Å². The molecule has 0 atom stereocenters. The second kappa shape index (κ2) is 5.22. The molecule has 0 amide bonds. The van der Waals surface area contributed by atoms with Gasteiger partial charge in [0.05, 0.1) is 17.3 Å². The van der Waals surface area contributed by atoms with Gasteiger partial charge in [-0.25, -0.2) is 16.8 Å². The summed E-state index contributed by atoms with van der Waals surface area (Å²) in [4.78, 5) is 0. The Labute approximate surface area is 114 Å². The molecule has 106 valence electrons. The highest BCUT2D eigenvalue weighted by atomic mass is 32.2. The lowest BCUT2D eigenvalue weighted by Crippen LogP contribution is -2.44.